The van der Waals surface area contributed by atoms with Gasteiger partial charge in [-0.05, 0) is 0 Å². The number of rotatable bonds is 5. The van der Waals surface area contributed by atoms with Crippen LogP contribution < -0.4 is 0 Å². The van der Waals surface area contributed by atoms with Gasteiger partial charge in [0.2, 0.25) is 0 Å². The maximum atomic E-state index is 2.77. The van der Waals surface area contributed by atoms with Crippen molar-refractivity contribution in [1.82, 2.24) is 0 Å². The maximum absolute atomic E-state index is 3.69. The van der Waals surface area contributed by atoms with Crippen LogP contribution in [0.2, 0.25) is 9.26 Å². The second-order valence-electron chi connectivity index (χ2n) is 16.5. The van der Waals surface area contributed by atoms with Crippen LogP contribution in [-0.4, -0.2) is 6.88 Å². The number of allylic oxidation sites excluding steroid dienone is 2. The number of hydrogen-bond donors (Lipinski definition) is 0. The molecule has 2 aliphatic carbocycles. The zero-order chi connectivity index (χ0) is 32.6. The molecule has 5 aromatic rings. The molecule has 0 aromatic heterocycles. The van der Waals surface area contributed by atoms with Crippen molar-refractivity contribution in [2.24, 2.45) is 5.92 Å². The molecule has 0 saturated carbocycles. The number of benzene rings is 5. The third-order valence-corrected chi connectivity index (χ3v) is 28.7. The molecule has 0 nitrogen and oxygen atoms in total. The summed E-state index contributed by atoms with van der Waals surface area (Å²) in [6, 6.07) is 39.2. The summed E-state index contributed by atoms with van der Waals surface area (Å²) >= 11 is -3.69. The first kappa shape index (κ1) is 36.8. The molecule has 2 atom stereocenters. The Labute approximate surface area is 303 Å². The third-order valence-electron chi connectivity index (χ3n) is 11.1. The van der Waals surface area contributed by atoms with Crippen molar-refractivity contribution in [3.63, 3.8) is 0 Å². The average Bonchev–Trinajstić information content (AvgIpc) is 3.60. The Morgan fingerprint density at radius 1 is 0.625 bits per heavy atom. The molecule has 0 fully saturated rings. The van der Waals surface area contributed by atoms with Gasteiger partial charge in [0.25, 0.3) is 0 Å². The van der Waals surface area contributed by atoms with Gasteiger partial charge in [-0.3, -0.25) is 0 Å². The van der Waals surface area contributed by atoms with Gasteiger partial charge in [0, 0.05) is 0 Å². The fourth-order valence-electron chi connectivity index (χ4n) is 9.06. The molecule has 0 saturated heterocycles. The molecular weight excluding hydrogens is 719 g/mol. The van der Waals surface area contributed by atoms with E-state index in [2.05, 4.69) is 173 Å². The Hall–Kier alpha value is -2.48. The molecule has 7 rings (SSSR count). The number of halogens is 2. The zero-order valence-electron chi connectivity index (χ0n) is 29.7. The molecule has 48 heavy (non-hydrogen) atoms. The maximum Gasteiger partial charge on any atom is -0.147 e. The largest absolute Gasteiger partial charge is 0.147 e. The molecular formula is C44H50Cl2SiZr. The van der Waals surface area contributed by atoms with Crippen LogP contribution in [0, 0.1) is 5.92 Å². The standard InChI is InChI=1S/C22H25.C20H15.2CH3.2ClH.H2Si.Zr/c1-15(2)18-13-17-7-6-8-20(21(17)14-18)16-9-11-19(12-10-16)22(3,4)5;1-14-12-16-8-5-11-19(20(16)13-14)18-10-4-7-15-6-2-3-9-17(15)18;;;;;;/h6-15H,1-5H3;2-13H,1H3;2*1H3;2*1H;1H2;. The van der Waals surface area contributed by atoms with Crippen LogP contribution >= 0.6 is 24.8 Å². The van der Waals surface area contributed by atoms with Gasteiger partial charge >= 0.3 is 281 Å². The summed E-state index contributed by atoms with van der Waals surface area (Å²) in [5.41, 5.74) is 16.2. The second kappa shape index (κ2) is 13.0. The molecule has 0 heterocycles. The summed E-state index contributed by atoms with van der Waals surface area (Å²) in [5.74, 6) is 0.498. The van der Waals surface area contributed by atoms with Crippen LogP contribution in [0.25, 0.3) is 45.2 Å². The number of hydrogen-bond acceptors (Lipinski definition) is 0. The summed E-state index contributed by atoms with van der Waals surface area (Å²) in [4.78, 5) is 0. The van der Waals surface area contributed by atoms with Crippen molar-refractivity contribution in [3.05, 3.63) is 142 Å². The summed E-state index contributed by atoms with van der Waals surface area (Å²) in [7, 11) is 0. The third kappa shape index (κ3) is 6.00. The summed E-state index contributed by atoms with van der Waals surface area (Å²) in [6.07, 6.45) is 5.15. The minimum atomic E-state index is -3.69. The van der Waals surface area contributed by atoms with Crippen LogP contribution in [0.1, 0.15) is 76.6 Å². The van der Waals surface area contributed by atoms with Crippen LogP contribution in [0.15, 0.2) is 114 Å². The van der Waals surface area contributed by atoms with E-state index in [1.54, 1.807) is 22.3 Å². The minimum absolute atomic E-state index is 0. The van der Waals surface area contributed by atoms with Crippen molar-refractivity contribution in [1.29, 1.82) is 0 Å². The van der Waals surface area contributed by atoms with E-state index in [4.69, 9.17) is 0 Å². The van der Waals surface area contributed by atoms with Crippen LogP contribution in [0.4, 0.5) is 0 Å². The molecule has 0 radical (unpaired) electrons. The number of fused-ring (bicyclic) bond motifs is 3. The van der Waals surface area contributed by atoms with E-state index < -0.39 is 17.4 Å². The van der Waals surface area contributed by atoms with Gasteiger partial charge in [-0.2, -0.15) is 0 Å². The first-order chi connectivity index (χ1) is 21.7. The first-order valence-electron chi connectivity index (χ1n) is 17.1. The van der Waals surface area contributed by atoms with Crippen LogP contribution in [0.3, 0.4) is 0 Å². The zero-order valence-corrected chi connectivity index (χ0v) is 35.2. The Bertz CT molecular complexity index is 2150. The molecule has 0 N–H and O–H groups in total. The quantitative estimate of drug-likeness (QED) is 0.156. The van der Waals surface area contributed by atoms with Crippen LogP contribution in [-0.2, 0) is 22.8 Å². The van der Waals surface area contributed by atoms with E-state index in [1.165, 1.54) is 49.7 Å². The summed E-state index contributed by atoms with van der Waals surface area (Å²) in [5, 5.41) is 2.64. The van der Waals surface area contributed by atoms with Gasteiger partial charge in [-0.1, -0.05) is 0 Å². The van der Waals surface area contributed by atoms with Crippen molar-refractivity contribution < 1.29 is 17.4 Å². The van der Waals surface area contributed by atoms with Gasteiger partial charge < -0.3 is 0 Å². The normalized spacial score (nSPS) is 17.3. The average molecular weight is 769 g/mol. The van der Waals surface area contributed by atoms with E-state index in [0.717, 1.165) is 0 Å². The van der Waals surface area contributed by atoms with Crippen molar-refractivity contribution >= 4 is 54.6 Å². The molecule has 0 spiro atoms. The fourth-order valence-corrected chi connectivity index (χ4v) is 29.6. The molecule has 248 valence electrons. The van der Waals surface area contributed by atoms with Gasteiger partial charge in [0.1, 0.15) is 0 Å². The Balaban J connectivity index is 0.00000225. The Kier molecular flexibility index (Phi) is 9.97. The minimum Gasteiger partial charge on any atom is -0.147 e. The Morgan fingerprint density at radius 2 is 1.17 bits per heavy atom. The molecule has 0 aliphatic heterocycles. The molecule has 4 heteroatoms. The predicted octanol–water partition coefficient (Wildman–Crippen LogP) is 12.9. The molecule has 0 bridgehead atoms. The SMILES string of the molecule is CC1=Cc2c(-c3cccc4ccccc34)cccc2[CH]1[Zr]([CH3])([CH3])(=[SiH2])[CH]1C(C(C)C)=Cc2c(-c3ccc(C(C)(C)C)cc3)cccc21.Cl.Cl. The van der Waals surface area contributed by atoms with Gasteiger partial charge in [-0.15, -0.1) is 24.8 Å². The van der Waals surface area contributed by atoms with Gasteiger partial charge in [0.15, 0.2) is 0 Å². The molecule has 5 aromatic carbocycles. The monoisotopic (exact) mass is 766 g/mol. The van der Waals surface area contributed by atoms with E-state index in [0.29, 0.717) is 13.2 Å². The van der Waals surface area contributed by atoms with Gasteiger partial charge in [0.05, 0.1) is 0 Å². The second-order valence-corrected chi connectivity index (χ2v) is 46.9. The fraction of sp³-hybridized carbons (Fsp3) is 0.273. The van der Waals surface area contributed by atoms with Crippen molar-refractivity contribution in [2.45, 2.75) is 63.5 Å². The smallest absolute Gasteiger partial charge is 0.147 e. The Morgan fingerprint density at radius 3 is 1.81 bits per heavy atom. The van der Waals surface area contributed by atoms with Crippen molar-refractivity contribution in [2.75, 3.05) is 0 Å². The molecule has 2 unspecified atom stereocenters. The van der Waals surface area contributed by atoms with Gasteiger partial charge in [-0.25, -0.2) is 0 Å². The molecule has 2 aliphatic rings. The first-order valence-corrected chi connectivity index (χ1v) is 30.7. The summed E-state index contributed by atoms with van der Waals surface area (Å²) in [6.45, 7) is 16.6. The van der Waals surface area contributed by atoms with Crippen LogP contribution in [0.5, 0.6) is 0 Å². The van der Waals surface area contributed by atoms with E-state index in [1.807, 2.05) is 0 Å². The molecule has 0 amide bonds. The predicted molar refractivity (Wildman–Crippen MR) is 217 cm³/mol. The van der Waals surface area contributed by atoms with E-state index in [9.17, 15) is 0 Å². The topological polar surface area (TPSA) is 0 Å². The van der Waals surface area contributed by atoms with Crippen molar-refractivity contribution in [3.8, 4) is 22.3 Å². The summed E-state index contributed by atoms with van der Waals surface area (Å²) < 4.78 is 6.53. The van der Waals surface area contributed by atoms with E-state index in [-0.39, 0.29) is 30.2 Å². The van der Waals surface area contributed by atoms with E-state index >= 15 is 0 Å².